The van der Waals surface area contributed by atoms with Crippen LogP contribution in [0.1, 0.15) is 5.56 Å². The van der Waals surface area contributed by atoms with Gasteiger partial charge in [0.15, 0.2) is 5.90 Å². The van der Waals surface area contributed by atoms with Gasteiger partial charge in [-0.25, -0.2) is 0 Å². The van der Waals surface area contributed by atoms with Crippen LogP contribution >= 0.6 is 11.6 Å². The maximum Gasteiger partial charge on any atom is 0.270 e. The average Bonchev–Trinajstić information content (AvgIpc) is 2.34. The Kier molecular flexibility index (Phi) is 5.16. The maximum absolute atomic E-state index is 10.5. The van der Waals surface area contributed by atoms with Crippen molar-refractivity contribution in [3.05, 3.63) is 46.0 Å². The van der Waals surface area contributed by atoms with Crippen LogP contribution < -0.4 is 0 Å². The van der Waals surface area contributed by atoms with E-state index in [1.54, 1.807) is 24.3 Å². The van der Waals surface area contributed by atoms with Crippen LogP contribution in [-0.2, 0) is 4.74 Å². The van der Waals surface area contributed by atoms with E-state index in [0.717, 1.165) is 0 Å². The number of nitrogens with zero attached hydrogens (tertiary/aromatic N) is 1. The molecule has 1 rings (SSSR count). The average molecular weight is 255 g/mol. The fourth-order valence-corrected chi connectivity index (χ4v) is 1.19. The largest absolute Gasteiger partial charge is 0.476 e. The van der Waals surface area contributed by atoms with Gasteiger partial charge in [0.2, 0.25) is 0 Å². The third kappa shape index (κ3) is 4.65. The van der Waals surface area contributed by atoms with E-state index < -0.39 is 4.92 Å². The molecule has 0 spiro atoms. The molecule has 0 aliphatic rings. The van der Waals surface area contributed by atoms with Gasteiger partial charge >= 0.3 is 0 Å². The Balaban J connectivity index is 2.56. The predicted octanol–water partition coefficient (Wildman–Crippen LogP) is 2.84. The van der Waals surface area contributed by atoms with Gasteiger partial charge in [-0.2, -0.15) is 0 Å². The summed E-state index contributed by atoms with van der Waals surface area (Å²) in [4.78, 5) is 10.1. The van der Waals surface area contributed by atoms with Crippen molar-refractivity contribution in [2.75, 3.05) is 12.5 Å². The van der Waals surface area contributed by atoms with Gasteiger partial charge < -0.3 is 4.74 Å². The zero-order valence-corrected chi connectivity index (χ0v) is 9.68. The van der Waals surface area contributed by atoms with E-state index in [-0.39, 0.29) is 24.1 Å². The van der Waals surface area contributed by atoms with Crippen LogP contribution in [0.2, 0.25) is 0 Å². The Hall–Kier alpha value is -1.88. The van der Waals surface area contributed by atoms with Gasteiger partial charge in [0.25, 0.3) is 5.69 Å². The molecule has 6 heteroatoms. The second-order valence-electron chi connectivity index (χ2n) is 3.12. The molecule has 1 aromatic carbocycles. The van der Waals surface area contributed by atoms with Crippen molar-refractivity contribution < 1.29 is 9.66 Å². The number of nitrogens with one attached hydrogen (secondary N) is 1. The summed E-state index contributed by atoms with van der Waals surface area (Å²) < 4.78 is 4.92. The van der Waals surface area contributed by atoms with Crippen molar-refractivity contribution in [1.29, 1.82) is 5.41 Å². The normalized spacial score (nSPS) is 10.4. The number of hydrogen-bond acceptors (Lipinski definition) is 4. The molecule has 90 valence electrons. The molecule has 5 nitrogen and oxygen atoms in total. The molecule has 0 aromatic heterocycles. The van der Waals surface area contributed by atoms with E-state index in [9.17, 15) is 10.1 Å². The first-order valence-electron chi connectivity index (χ1n) is 4.80. The Bertz CT molecular complexity index is 446. The first-order chi connectivity index (χ1) is 8.13. The number of benzene rings is 1. The first-order valence-corrected chi connectivity index (χ1v) is 5.34. The highest BCUT2D eigenvalue weighted by molar-refractivity contribution is 6.26. The monoisotopic (exact) mass is 254 g/mol. The molecule has 1 N–H and O–H groups in total. The topological polar surface area (TPSA) is 76.2 Å². The molecule has 0 saturated carbocycles. The van der Waals surface area contributed by atoms with Crippen molar-refractivity contribution in [2.24, 2.45) is 0 Å². The Morgan fingerprint density at radius 1 is 1.59 bits per heavy atom. The van der Waals surface area contributed by atoms with E-state index in [4.69, 9.17) is 21.7 Å². The van der Waals surface area contributed by atoms with Gasteiger partial charge in [-0.15, -0.1) is 11.6 Å². The molecular formula is C11H11ClN2O3. The summed E-state index contributed by atoms with van der Waals surface area (Å²) in [5.41, 5.74) is 0.752. The van der Waals surface area contributed by atoms with E-state index in [2.05, 4.69) is 0 Å². The van der Waals surface area contributed by atoms with Gasteiger partial charge in [-0.3, -0.25) is 15.5 Å². The molecule has 0 amide bonds. The van der Waals surface area contributed by atoms with Gasteiger partial charge in [-0.1, -0.05) is 18.2 Å². The highest BCUT2D eigenvalue weighted by Crippen LogP contribution is 2.13. The summed E-state index contributed by atoms with van der Waals surface area (Å²) in [5, 5.41) is 17.7. The lowest BCUT2D eigenvalue weighted by molar-refractivity contribution is -0.384. The van der Waals surface area contributed by atoms with Gasteiger partial charge in [0.05, 0.1) is 10.8 Å². The highest BCUT2D eigenvalue weighted by atomic mass is 35.5. The third-order valence-corrected chi connectivity index (χ3v) is 2.11. The van der Waals surface area contributed by atoms with Crippen molar-refractivity contribution >= 4 is 29.3 Å². The molecule has 0 atom stereocenters. The maximum atomic E-state index is 10.5. The van der Waals surface area contributed by atoms with E-state index in [1.807, 2.05) is 0 Å². The number of non-ortho nitro benzene ring substituents is 1. The summed E-state index contributed by atoms with van der Waals surface area (Å²) in [7, 11) is 0. The summed E-state index contributed by atoms with van der Waals surface area (Å²) in [5.74, 6) is 0.0281. The Morgan fingerprint density at radius 2 is 2.35 bits per heavy atom. The second kappa shape index (κ2) is 6.65. The lowest BCUT2D eigenvalue weighted by atomic mass is 10.2. The predicted molar refractivity (Wildman–Crippen MR) is 66.5 cm³/mol. The molecular weight excluding hydrogens is 244 g/mol. The Labute approximate surface area is 103 Å². The van der Waals surface area contributed by atoms with Gasteiger partial charge in [0.1, 0.15) is 6.61 Å². The van der Waals surface area contributed by atoms with E-state index in [1.165, 1.54) is 12.1 Å². The van der Waals surface area contributed by atoms with E-state index in [0.29, 0.717) is 5.56 Å². The zero-order chi connectivity index (χ0) is 12.7. The van der Waals surface area contributed by atoms with Crippen molar-refractivity contribution in [3.8, 4) is 0 Å². The molecule has 0 radical (unpaired) electrons. The van der Waals surface area contributed by atoms with Crippen LogP contribution in [0.25, 0.3) is 6.08 Å². The molecule has 0 aliphatic heterocycles. The van der Waals surface area contributed by atoms with Crippen LogP contribution in [-0.4, -0.2) is 23.3 Å². The fraction of sp³-hybridized carbons (Fsp3) is 0.182. The van der Waals surface area contributed by atoms with Crippen LogP contribution in [0.4, 0.5) is 5.69 Å². The molecule has 0 bridgehead atoms. The standard InChI is InChI=1S/C11H11ClN2O3/c12-8-11(13)17-6-2-4-9-3-1-5-10(7-9)14(15)16/h1-5,7,13H,6,8H2. The van der Waals surface area contributed by atoms with Gasteiger partial charge in [-0.05, 0) is 11.6 Å². The molecule has 0 aliphatic carbocycles. The number of hydrogen-bond donors (Lipinski definition) is 1. The quantitative estimate of drug-likeness (QED) is 0.289. The second-order valence-corrected chi connectivity index (χ2v) is 3.39. The van der Waals surface area contributed by atoms with Crippen molar-refractivity contribution in [2.45, 2.75) is 0 Å². The molecule has 0 saturated heterocycles. The van der Waals surface area contributed by atoms with E-state index >= 15 is 0 Å². The van der Waals surface area contributed by atoms with Crippen LogP contribution in [0, 0.1) is 15.5 Å². The fourth-order valence-electron chi connectivity index (χ4n) is 1.11. The smallest absolute Gasteiger partial charge is 0.270 e. The first kappa shape index (κ1) is 13.2. The number of halogens is 1. The lowest BCUT2D eigenvalue weighted by Crippen LogP contribution is -2.03. The highest BCUT2D eigenvalue weighted by Gasteiger charge is 2.03. The molecule has 1 aromatic rings. The Morgan fingerprint density at radius 3 is 3.00 bits per heavy atom. The van der Waals surface area contributed by atoms with Crippen molar-refractivity contribution in [1.82, 2.24) is 0 Å². The summed E-state index contributed by atoms with van der Waals surface area (Å²) in [6, 6.07) is 6.25. The number of rotatable bonds is 5. The number of alkyl halides is 1. The molecule has 0 unspecified atom stereocenters. The zero-order valence-electron chi connectivity index (χ0n) is 8.93. The molecule has 0 heterocycles. The molecule has 0 fully saturated rings. The summed E-state index contributed by atoms with van der Waals surface area (Å²) in [6.45, 7) is 0.217. The van der Waals surface area contributed by atoms with Crippen molar-refractivity contribution in [3.63, 3.8) is 0 Å². The number of ether oxygens (including phenoxy) is 1. The SMILES string of the molecule is N=C(CCl)OCC=Cc1cccc([N+](=O)[O-])c1. The lowest BCUT2D eigenvalue weighted by Gasteiger charge is -1.99. The van der Waals surface area contributed by atoms with Crippen LogP contribution in [0.3, 0.4) is 0 Å². The summed E-state index contributed by atoms with van der Waals surface area (Å²) in [6.07, 6.45) is 3.36. The third-order valence-electron chi connectivity index (χ3n) is 1.87. The minimum atomic E-state index is -0.447. The number of nitro benzene ring substituents is 1. The van der Waals surface area contributed by atoms with Crippen LogP contribution in [0.15, 0.2) is 30.3 Å². The summed E-state index contributed by atoms with van der Waals surface area (Å²) >= 11 is 5.35. The van der Waals surface area contributed by atoms with Gasteiger partial charge in [0, 0.05) is 12.1 Å². The molecule has 17 heavy (non-hydrogen) atoms. The number of nitro groups is 1. The minimum absolute atomic E-state index is 0.00430. The minimum Gasteiger partial charge on any atom is -0.476 e. The van der Waals surface area contributed by atoms with Crippen LogP contribution in [0.5, 0.6) is 0 Å².